The quantitative estimate of drug-likeness (QED) is 0.412. The second-order valence-electron chi connectivity index (χ2n) is 7.31. The Morgan fingerprint density at radius 2 is 1.78 bits per heavy atom. The molecule has 1 heteroatoms. The van der Waals surface area contributed by atoms with Crippen LogP contribution in [0.15, 0.2) is 36.4 Å². The Balaban J connectivity index is 2.09. The van der Waals surface area contributed by atoms with Crippen molar-refractivity contribution in [1.29, 1.82) is 0 Å². The molecule has 122 valence electrons. The number of thiophene rings is 1. The fourth-order valence-electron chi connectivity index (χ4n) is 3.30. The van der Waals surface area contributed by atoms with E-state index < -0.39 is 0 Å². The van der Waals surface area contributed by atoms with Gasteiger partial charge in [0, 0.05) is 20.2 Å². The Kier molecular flexibility index (Phi) is 4.77. The Bertz CT molecular complexity index is 807. The molecule has 23 heavy (non-hydrogen) atoms. The maximum Gasteiger partial charge on any atom is 0.0392 e. The average molecular weight is 325 g/mol. The molecular formula is C22H28S. The van der Waals surface area contributed by atoms with Gasteiger partial charge in [0.15, 0.2) is 0 Å². The molecule has 0 bridgehead atoms. The summed E-state index contributed by atoms with van der Waals surface area (Å²) >= 11 is 1.98. The minimum absolute atomic E-state index is 0.240. The van der Waals surface area contributed by atoms with Crippen LogP contribution in [0, 0.1) is 0 Å². The summed E-state index contributed by atoms with van der Waals surface area (Å²) in [5.41, 5.74) is 3.24. The lowest BCUT2D eigenvalue weighted by atomic mass is 9.82. The first-order valence-electron chi connectivity index (χ1n) is 9.01. The van der Waals surface area contributed by atoms with Gasteiger partial charge in [-0.1, -0.05) is 70.9 Å². The molecule has 0 atom stereocenters. The highest BCUT2D eigenvalue weighted by Crippen LogP contribution is 2.41. The van der Waals surface area contributed by atoms with Gasteiger partial charge in [-0.3, -0.25) is 0 Å². The van der Waals surface area contributed by atoms with Crippen molar-refractivity contribution >= 4 is 31.5 Å². The first-order chi connectivity index (χ1) is 11.1. The fourth-order valence-corrected chi connectivity index (χ4v) is 4.76. The van der Waals surface area contributed by atoms with Crippen LogP contribution in [-0.2, 0) is 11.8 Å². The highest BCUT2D eigenvalue weighted by molar-refractivity contribution is 7.26. The van der Waals surface area contributed by atoms with Crippen molar-refractivity contribution in [3.63, 3.8) is 0 Å². The number of fused-ring (bicyclic) bond motifs is 3. The Morgan fingerprint density at radius 1 is 0.957 bits per heavy atom. The first kappa shape index (κ1) is 16.5. The highest BCUT2D eigenvalue weighted by atomic mass is 32.1. The maximum atomic E-state index is 2.43. The van der Waals surface area contributed by atoms with E-state index in [1.54, 1.807) is 0 Å². The van der Waals surface area contributed by atoms with Crippen molar-refractivity contribution in [2.75, 3.05) is 0 Å². The molecule has 0 aliphatic rings. The van der Waals surface area contributed by atoms with Crippen LogP contribution < -0.4 is 0 Å². The third kappa shape index (κ3) is 3.17. The first-order valence-corrected chi connectivity index (χ1v) is 9.83. The lowest BCUT2D eigenvalue weighted by Crippen LogP contribution is -2.15. The standard InChI is InChI=1S/C22H28S/c1-5-7-8-10-16-13-14-17-18-11-9-12-19(22(3,4)6-2)21(18)23-20(17)15-16/h9,11-15H,5-8,10H2,1-4H3. The number of rotatable bonds is 6. The van der Waals surface area contributed by atoms with E-state index in [9.17, 15) is 0 Å². The molecule has 0 fully saturated rings. The van der Waals surface area contributed by atoms with Crippen LogP contribution in [0.1, 0.15) is 64.5 Å². The third-order valence-corrected chi connectivity index (χ3v) is 6.45. The zero-order chi connectivity index (χ0) is 16.4. The largest absolute Gasteiger partial charge is 0.135 e. The van der Waals surface area contributed by atoms with Crippen molar-refractivity contribution in [2.24, 2.45) is 0 Å². The summed E-state index contributed by atoms with van der Waals surface area (Å²) in [6, 6.07) is 14.0. The van der Waals surface area contributed by atoms with Gasteiger partial charge in [-0.05, 0) is 41.9 Å². The molecule has 0 saturated heterocycles. The summed E-state index contributed by atoms with van der Waals surface area (Å²) in [6.45, 7) is 9.29. The van der Waals surface area contributed by atoms with Gasteiger partial charge in [-0.2, -0.15) is 0 Å². The van der Waals surface area contributed by atoms with E-state index in [1.807, 2.05) is 11.3 Å². The normalized spacial score (nSPS) is 12.3. The summed E-state index contributed by atoms with van der Waals surface area (Å²) in [5.74, 6) is 0. The fraction of sp³-hybridized carbons (Fsp3) is 0.455. The minimum atomic E-state index is 0.240. The van der Waals surface area contributed by atoms with Gasteiger partial charge in [0.25, 0.3) is 0 Å². The van der Waals surface area contributed by atoms with E-state index in [0.717, 1.165) is 0 Å². The molecule has 0 aliphatic heterocycles. The summed E-state index contributed by atoms with van der Waals surface area (Å²) in [5, 5.41) is 2.86. The molecule has 0 N–H and O–H groups in total. The average Bonchev–Trinajstić information content (AvgIpc) is 2.92. The van der Waals surface area contributed by atoms with E-state index in [1.165, 1.54) is 63.4 Å². The monoisotopic (exact) mass is 324 g/mol. The molecule has 3 rings (SSSR count). The minimum Gasteiger partial charge on any atom is -0.135 e. The van der Waals surface area contributed by atoms with E-state index in [4.69, 9.17) is 0 Å². The van der Waals surface area contributed by atoms with Gasteiger partial charge in [0.1, 0.15) is 0 Å². The Morgan fingerprint density at radius 3 is 2.52 bits per heavy atom. The van der Waals surface area contributed by atoms with Gasteiger partial charge in [0.2, 0.25) is 0 Å². The molecule has 2 aromatic carbocycles. The number of hydrogen-bond acceptors (Lipinski definition) is 1. The summed E-state index contributed by atoms with van der Waals surface area (Å²) in [4.78, 5) is 0. The molecule has 0 nitrogen and oxygen atoms in total. The van der Waals surface area contributed by atoms with Crippen molar-refractivity contribution < 1.29 is 0 Å². The van der Waals surface area contributed by atoms with Gasteiger partial charge in [-0.15, -0.1) is 11.3 Å². The zero-order valence-electron chi connectivity index (χ0n) is 14.9. The van der Waals surface area contributed by atoms with E-state index in [0.29, 0.717) is 0 Å². The maximum absolute atomic E-state index is 2.43. The van der Waals surface area contributed by atoms with Crippen LogP contribution in [0.4, 0.5) is 0 Å². The van der Waals surface area contributed by atoms with Crippen LogP contribution in [-0.4, -0.2) is 0 Å². The van der Waals surface area contributed by atoms with Crippen molar-refractivity contribution in [3.05, 3.63) is 47.5 Å². The Labute approximate surface area is 144 Å². The topological polar surface area (TPSA) is 0 Å². The molecule has 3 aromatic rings. The van der Waals surface area contributed by atoms with Crippen molar-refractivity contribution in [2.45, 2.75) is 65.2 Å². The molecule has 0 spiro atoms. The summed E-state index contributed by atoms with van der Waals surface area (Å²) < 4.78 is 2.94. The van der Waals surface area contributed by atoms with Gasteiger partial charge in [0.05, 0.1) is 0 Å². The molecule has 0 aliphatic carbocycles. The van der Waals surface area contributed by atoms with Crippen LogP contribution in [0.2, 0.25) is 0 Å². The second-order valence-corrected chi connectivity index (χ2v) is 8.36. The van der Waals surface area contributed by atoms with Crippen LogP contribution in [0.25, 0.3) is 20.2 Å². The second kappa shape index (κ2) is 6.65. The molecule has 1 heterocycles. The van der Waals surface area contributed by atoms with E-state index >= 15 is 0 Å². The van der Waals surface area contributed by atoms with Crippen LogP contribution in [0.5, 0.6) is 0 Å². The molecular weight excluding hydrogens is 296 g/mol. The third-order valence-electron chi connectivity index (χ3n) is 5.25. The van der Waals surface area contributed by atoms with Gasteiger partial charge in [-0.25, -0.2) is 0 Å². The smallest absolute Gasteiger partial charge is 0.0392 e. The molecule has 1 aromatic heterocycles. The molecule has 0 unspecified atom stereocenters. The molecule has 0 amide bonds. The van der Waals surface area contributed by atoms with E-state index in [-0.39, 0.29) is 5.41 Å². The molecule has 0 radical (unpaired) electrons. The van der Waals surface area contributed by atoms with Gasteiger partial charge >= 0.3 is 0 Å². The molecule has 0 saturated carbocycles. The number of unbranched alkanes of at least 4 members (excludes halogenated alkanes) is 2. The van der Waals surface area contributed by atoms with Crippen molar-refractivity contribution in [1.82, 2.24) is 0 Å². The van der Waals surface area contributed by atoms with Crippen molar-refractivity contribution in [3.8, 4) is 0 Å². The highest BCUT2D eigenvalue weighted by Gasteiger charge is 2.22. The predicted octanol–water partition coefficient (Wildman–Crippen LogP) is 7.47. The zero-order valence-corrected chi connectivity index (χ0v) is 15.7. The number of hydrogen-bond donors (Lipinski definition) is 0. The number of aryl methyl sites for hydroxylation is 1. The van der Waals surface area contributed by atoms with E-state index in [2.05, 4.69) is 64.1 Å². The predicted molar refractivity (Wildman–Crippen MR) is 106 cm³/mol. The van der Waals surface area contributed by atoms with Gasteiger partial charge < -0.3 is 0 Å². The lowest BCUT2D eigenvalue weighted by molar-refractivity contribution is 0.511. The summed E-state index contributed by atoms with van der Waals surface area (Å²) in [7, 11) is 0. The van der Waals surface area contributed by atoms with Crippen LogP contribution >= 0.6 is 11.3 Å². The lowest BCUT2D eigenvalue weighted by Gasteiger charge is -2.23. The Hall–Kier alpha value is -1.34. The van der Waals surface area contributed by atoms with Crippen LogP contribution in [0.3, 0.4) is 0 Å². The summed E-state index contributed by atoms with van der Waals surface area (Å²) in [6.07, 6.45) is 6.31. The SMILES string of the molecule is CCCCCc1ccc2c(c1)sc1c(C(C)(C)CC)cccc12. The number of benzene rings is 2.